The minimum Gasteiger partial charge on any atom is -0.388 e. The highest BCUT2D eigenvalue weighted by atomic mass is 35.5. The number of anilines is 1. The van der Waals surface area contributed by atoms with Crippen LogP contribution in [0.25, 0.3) is 0 Å². The van der Waals surface area contributed by atoms with Crippen molar-refractivity contribution in [2.24, 2.45) is 5.92 Å². The largest absolute Gasteiger partial charge is 0.388 e. The van der Waals surface area contributed by atoms with Crippen LogP contribution in [0.2, 0.25) is 5.02 Å². The van der Waals surface area contributed by atoms with Crippen LogP contribution < -0.4 is 10.6 Å². The molecule has 5 nitrogen and oxygen atoms in total. The molecule has 2 atom stereocenters. The summed E-state index contributed by atoms with van der Waals surface area (Å²) in [6, 6.07) is 3.69. The van der Waals surface area contributed by atoms with Crippen LogP contribution in [-0.2, 0) is 9.59 Å². The summed E-state index contributed by atoms with van der Waals surface area (Å²) in [5, 5.41) is 14.8. The molecular weight excluding hydrogens is 311 g/mol. The molecule has 1 rings (SSSR count). The Hall–Kier alpha value is -1.66. The number of amides is 2. The number of halogens is 2. The van der Waals surface area contributed by atoms with Gasteiger partial charge in [-0.3, -0.25) is 9.59 Å². The fraction of sp³-hybridized carbons (Fsp3) is 0.467. The number of nitrogens with one attached hydrogen (secondary N) is 2. The summed E-state index contributed by atoms with van der Waals surface area (Å²) in [7, 11) is 0. The zero-order chi connectivity index (χ0) is 16.9. The van der Waals surface area contributed by atoms with Crippen LogP contribution in [0.1, 0.15) is 27.2 Å². The van der Waals surface area contributed by atoms with E-state index in [1.54, 1.807) is 6.92 Å². The SMILES string of the molecule is CCC(C)C(C)(O)CNC(=O)C(=O)Nc1ccc(Cl)cc1F. The molecule has 22 heavy (non-hydrogen) atoms. The maximum atomic E-state index is 13.5. The number of hydrogen-bond acceptors (Lipinski definition) is 3. The number of rotatable bonds is 5. The van der Waals surface area contributed by atoms with Crippen molar-refractivity contribution in [3.05, 3.63) is 29.0 Å². The van der Waals surface area contributed by atoms with E-state index in [2.05, 4.69) is 10.6 Å². The van der Waals surface area contributed by atoms with Gasteiger partial charge in [-0.15, -0.1) is 0 Å². The first-order valence-electron chi connectivity index (χ1n) is 6.94. The molecule has 0 radical (unpaired) electrons. The first-order valence-corrected chi connectivity index (χ1v) is 7.31. The highest BCUT2D eigenvalue weighted by Gasteiger charge is 2.28. The third-order valence-electron chi connectivity index (χ3n) is 3.67. The number of carbonyl (C=O) groups excluding carboxylic acids is 2. The highest BCUT2D eigenvalue weighted by Crippen LogP contribution is 2.20. The molecule has 2 amide bonds. The highest BCUT2D eigenvalue weighted by molar-refractivity contribution is 6.39. The molecule has 0 fully saturated rings. The van der Waals surface area contributed by atoms with Crippen LogP contribution >= 0.6 is 11.6 Å². The summed E-state index contributed by atoms with van der Waals surface area (Å²) in [6.07, 6.45) is 0.727. The molecular formula is C15H20ClFN2O3. The molecule has 1 aromatic rings. The molecule has 0 bridgehead atoms. The summed E-state index contributed by atoms with van der Waals surface area (Å²) in [6.45, 7) is 5.27. The van der Waals surface area contributed by atoms with Gasteiger partial charge in [0.2, 0.25) is 0 Å². The van der Waals surface area contributed by atoms with E-state index in [0.29, 0.717) is 0 Å². The molecule has 0 aliphatic heterocycles. The number of carbonyl (C=O) groups is 2. The minimum atomic E-state index is -1.13. The van der Waals surface area contributed by atoms with Crippen LogP contribution in [0.4, 0.5) is 10.1 Å². The van der Waals surface area contributed by atoms with Gasteiger partial charge in [-0.05, 0) is 31.0 Å². The van der Waals surface area contributed by atoms with E-state index in [4.69, 9.17) is 11.6 Å². The maximum absolute atomic E-state index is 13.5. The lowest BCUT2D eigenvalue weighted by Crippen LogP contribution is -2.47. The monoisotopic (exact) mass is 330 g/mol. The minimum absolute atomic E-state index is 0.0513. The van der Waals surface area contributed by atoms with Crippen molar-refractivity contribution in [3.63, 3.8) is 0 Å². The maximum Gasteiger partial charge on any atom is 0.313 e. The first-order chi connectivity index (χ1) is 10.2. The van der Waals surface area contributed by atoms with Crippen LogP contribution in [0.15, 0.2) is 18.2 Å². The average Bonchev–Trinajstić information content (AvgIpc) is 2.46. The van der Waals surface area contributed by atoms with Gasteiger partial charge >= 0.3 is 11.8 Å². The topological polar surface area (TPSA) is 78.4 Å². The normalized spacial score (nSPS) is 14.8. The van der Waals surface area contributed by atoms with E-state index in [-0.39, 0.29) is 23.2 Å². The van der Waals surface area contributed by atoms with E-state index >= 15 is 0 Å². The van der Waals surface area contributed by atoms with Crippen molar-refractivity contribution < 1.29 is 19.1 Å². The van der Waals surface area contributed by atoms with Crippen LogP contribution in [0.5, 0.6) is 0 Å². The fourth-order valence-corrected chi connectivity index (χ4v) is 1.88. The first kappa shape index (κ1) is 18.4. The number of aliphatic hydroxyl groups is 1. The lowest BCUT2D eigenvalue weighted by molar-refractivity contribution is -0.137. The number of benzene rings is 1. The summed E-state index contributed by atoms with van der Waals surface area (Å²) in [4.78, 5) is 23.4. The van der Waals surface area contributed by atoms with Crippen molar-refractivity contribution >= 4 is 29.1 Å². The molecule has 7 heteroatoms. The molecule has 3 N–H and O–H groups in total. The van der Waals surface area contributed by atoms with Gasteiger partial charge in [-0.25, -0.2) is 4.39 Å². The van der Waals surface area contributed by atoms with E-state index < -0.39 is 23.2 Å². The predicted octanol–water partition coefficient (Wildman–Crippen LogP) is 2.33. The third kappa shape index (κ3) is 4.96. The Morgan fingerprint density at radius 1 is 1.41 bits per heavy atom. The van der Waals surface area contributed by atoms with Crippen LogP contribution in [0, 0.1) is 11.7 Å². The Labute approximate surface area is 133 Å². The van der Waals surface area contributed by atoms with Crippen molar-refractivity contribution in [2.75, 3.05) is 11.9 Å². The van der Waals surface area contributed by atoms with Crippen molar-refractivity contribution in [2.45, 2.75) is 32.8 Å². The molecule has 0 spiro atoms. The van der Waals surface area contributed by atoms with Gasteiger partial charge < -0.3 is 15.7 Å². The molecule has 0 saturated carbocycles. The van der Waals surface area contributed by atoms with Gasteiger partial charge in [0.1, 0.15) is 5.82 Å². The molecule has 1 aromatic carbocycles. The summed E-state index contributed by atoms with van der Waals surface area (Å²) in [5.41, 5.74) is -1.27. The summed E-state index contributed by atoms with van der Waals surface area (Å²) in [5.74, 6) is -2.75. The van der Waals surface area contributed by atoms with E-state index in [0.717, 1.165) is 12.5 Å². The van der Waals surface area contributed by atoms with Gasteiger partial charge in [0.25, 0.3) is 0 Å². The van der Waals surface area contributed by atoms with E-state index in [9.17, 15) is 19.1 Å². The zero-order valence-electron chi connectivity index (χ0n) is 12.7. The lowest BCUT2D eigenvalue weighted by Gasteiger charge is -2.29. The standard InChI is InChI=1S/C15H20ClFN2O3/c1-4-9(2)15(3,22)8-18-13(20)14(21)19-12-6-5-10(16)7-11(12)17/h5-7,9,22H,4,8H2,1-3H3,(H,18,20)(H,19,21). The second kappa shape index (κ2) is 7.56. The predicted molar refractivity (Wildman–Crippen MR) is 83.1 cm³/mol. The Bertz CT molecular complexity index is 564. The van der Waals surface area contributed by atoms with Gasteiger partial charge in [-0.1, -0.05) is 31.9 Å². The van der Waals surface area contributed by atoms with Crippen molar-refractivity contribution in [1.29, 1.82) is 0 Å². The van der Waals surface area contributed by atoms with Crippen molar-refractivity contribution in [3.8, 4) is 0 Å². The van der Waals surface area contributed by atoms with E-state index in [1.807, 2.05) is 13.8 Å². The molecule has 122 valence electrons. The molecule has 0 heterocycles. The molecule has 0 saturated heterocycles. The quantitative estimate of drug-likeness (QED) is 0.725. The second-order valence-electron chi connectivity index (χ2n) is 5.43. The fourth-order valence-electron chi connectivity index (χ4n) is 1.72. The van der Waals surface area contributed by atoms with Crippen LogP contribution in [0.3, 0.4) is 0 Å². The van der Waals surface area contributed by atoms with Gasteiger partial charge in [0.15, 0.2) is 0 Å². The summed E-state index contributed by atoms with van der Waals surface area (Å²) >= 11 is 5.60. The third-order valence-corrected chi connectivity index (χ3v) is 3.90. The molecule has 0 aliphatic rings. The molecule has 0 aromatic heterocycles. The van der Waals surface area contributed by atoms with Gasteiger partial charge in [-0.2, -0.15) is 0 Å². The van der Waals surface area contributed by atoms with Gasteiger partial charge in [0, 0.05) is 11.6 Å². The smallest absolute Gasteiger partial charge is 0.313 e. The average molecular weight is 331 g/mol. The second-order valence-corrected chi connectivity index (χ2v) is 5.86. The van der Waals surface area contributed by atoms with Crippen molar-refractivity contribution in [1.82, 2.24) is 5.32 Å². The Balaban J connectivity index is 2.61. The van der Waals surface area contributed by atoms with E-state index in [1.165, 1.54) is 12.1 Å². The van der Waals surface area contributed by atoms with Gasteiger partial charge in [0.05, 0.1) is 11.3 Å². The Morgan fingerprint density at radius 3 is 2.59 bits per heavy atom. The number of hydrogen-bond donors (Lipinski definition) is 3. The summed E-state index contributed by atoms with van der Waals surface area (Å²) < 4.78 is 13.5. The molecule has 2 unspecified atom stereocenters. The molecule has 0 aliphatic carbocycles. The Kier molecular flexibility index (Phi) is 6.32. The van der Waals surface area contributed by atoms with Crippen LogP contribution in [-0.4, -0.2) is 29.1 Å². The zero-order valence-corrected chi connectivity index (χ0v) is 13.5. The Morgan fingerprint density at radius 2 is 2.05 bits per heavy atom. The lowest BCUT2D eigenvalue weighted by atomic mass is 9.89.